The predicted octanol–water partition coefficient (Wildman–Crippen LogP) is -2.30. The van der Waals surface area contributed by atoms with Gasteiger partial charge in [0.1, 0.15) is 6.42 Å². The maximum absolute atomic E-state index is 10.6. The van der Waals surface area contributed by atoms with E-state index in [-0.39, 0.29) is 11.5 Å². The van der Waals surface area contributed by atoms with Crippen molar-refractivity contribution in [3.8, 4) is 0 Å². The van der Waals surface area contributed by atoms with Crippen LogP contribution in [0.4, 0.5) is 0 Å². The molecule has 1 heterocycles. The van der Waals surface area contributed by atoms with Crippen LogP contribution in [0, 0.1) is 5.21 Å². The van der Waals surface area contributed by atoms with Crippen molar-refractivity contribution in [2.75, 3.05) is 0 Å². The minimum absolute atomic E-state index is 0.291. The van der Waals surface area contributed by atoms with Crippen molar-refractivity contribution in [3.05, 3.63) is 5.21 Å². The molecule has 1 unspecified atom stereocenters. The number of nitrogens with one attached hydrogen (secondary N) is 2. The number of thiocarbonyl (C=S) groups is 1. The number of quaternary nitrogens is 1. The molecule has 6 heteroatoms. The molecular formula is C4H4N2O3S. The van der Waals surface area contributed by atoms with Crippen LogP contribution in [0.25, 0.3) is 0 Å². The first-order valence-corrected chi connectivity index (χ1v) is 2.93. The fraction of sp³-hybridized carbons (Fsp3) is 0.250. The molecule has 5 nitrogen and oxygen atoms in total. The summed E-state index contributed by atoms with van der Waals surface area (Å²) in [4.78, 5) is 21.0. The Kier molecular flexibility index (Phi) is 1.75. The summed E-state index contributed by atoms with van der Waals surface area (Å²) in [6.07, 6.45) is -0.376. The molecule has 10 heavy (non-hydrogen) atoms. The van der Waals surface area contributed by atoms with Gasteiger partial charge in [-0.05, 0) is 0 Å². The Labute approximate surface area is 61.6 Å². The van der Waals surface area contributed by atoms with Gasteiger partial charge in [0.25, 0.3) is 5.11 Å². The fourth-order valence-electron chi connectivity index (χ4n) is 0.580. The quantitative estimate of drug-likeness (QED) is 0.237. The Morgan fingerprint density at radius 3 is 2.70 bits per heavy atom. The number of amides is 2. The van der Waals surface area contributed by atoms with Gasteiger partial charge in [0.05, 0.1) is 0 Å². The van der Waals surface area contributed by atoms with E-state index in [9.17, 15) is 14.8 Å². The number of rotatable bonds is 0. The van der Waals surface area contributed by atoms with Gasteiger partial charge in [0, 0.05) is 12.2 Å². The first-order valence-electron chi connectivity index (χ1n) is 2.52. The van der Waals surface area contributed by atoms with E-state index in [0.29, 0.717) is 0 Å². The van der Waals surface area contributed by atoms with Crippen molar-refractivity contribution in [1.82, 2.24) is 5.32 Å². The number of carbonyl (C=O) groups excluding carboxylic acids is 2. The van der Waals surface area contributed by atoms with Crippen molar-refractivity contribution < 1.29 is 14.7 Å². The Morgan fingerprint density at radius 1 is 1.60 bits per heavy atom. The van der Waals surface area contributed by atoms with E-state index in [2.05, 4.69) is 17.5 Å². The maximum Gasteiger partial charge on any atom is 0.328 e. The molecule has 1 fully saturated rings. The third-order valence-electron chi connectivity index (χ3n) is 1.03. The Bertz CT molecular complexity index is 195. The van der Waals surface area contributed by atoms with Gasteiger partial charge in [-0.25, -0.2) is 4.79 Å². The van der Waals surface area contributed by atoms with Crippen LogP contribution in [0.2, 0.25) is 0 Å². The number of hydrogen-bond donors (Lipinski definition) is 2. The van der Waals surface area contributed by atoms with E-state index in [1.807, 2.05) is 0 Å². The molecule has 0 spiro atoms. The monoisotopic (exact) mass is 160 g/mol. The first kappa shape index (κ1) is 7.26. The lowest BCUT2D eigenvalue weighted by molar-refractivity contribution is -0.660. The molecule has 2 N–H and O–H groups in total. The molecule has 1 aliphatic rings. The molecule has 0 aliphatic carbocycles. The van der Waals surface area contributed by atoms with Crippen molar-refractivity contribution in [2.24, 2.45) is 0 Å². The molecule has 0 radical (unpaired) electrons. The smallest absolute Gasteiger partial charge is 0.328 e. The molecule has 54 valence electrons. The Hall–Kier alpha value is -0.850. The molecule has 0 aromatic rings. The van der Waals surface area contributed by atoms with Crippen LogP contribution in [0.15, 0.2) is 0 Å². The lowest BCUT2D eigenvalue weighted by atomic mass is 10.3. The van der Waals surface area contributed by atoms with Crippen LogP contribution in [-0.4, -0.2) is 16.9 Å². The van der Waals surface area contributed by atoms with Crippen molar-refractivity contribution in [2.45, 2.75) is 6.42 Å². The molecule has 0 bridgehead atoms. The van der Waals surface area contributed by atoms with Gasteiger partial charge >= 0.3 is 5.91 Å². The molecule has 0 aromatic carbocycles. The van der Waals surface area contributed by atoms with Crippen LogP contribution in [-0.2, 0) is 9.59 Å². The van der Waals surface area contributed by atoms with Crippen LogP contribution < -0.4 is 10.4 Å². The molecule has 1 rings (SSSR count). The molecule has 2 amide bonds. The van der Waals surface area contributed by atoms with Crippen molar-refractivity contribution >= 4 is 29.1 Å². The molecular weight excluding hydrogens is 156 g/mol. The van der Waals surface area contributed by atoms with Gasteiger partial charge in [0.2, 0.25) is 5.91 Å². The minimum Gasteiger partial charge on any atom is -0.620 e. The van der Waals surface area contributed by atoms with Gasteiger partial charge in [0.15, 0.2) is 0 Å². The van der Waals surface area contributed by atoms with E-state index in [0.717, 1.165) is 0 Å². The summed E-state index contributed by atoms with van der Waals surface area (Å²) in [7, 11) is 0. The summed E-state index contributed by atoms with van der Waals surface area (Å²) >= 11 is 4.38. The summed E-state index contributed by atoms with van der Waals surface area (Å²) in [6, 6.07) is 0. The second kappa shape index (κ2) is 2.41. The van der Waals surface area contributed by atoms with Crippen LogP contribution in [0.3, 0.4) is 0 Å². The molecule has 0 aromatic heterocycles. The van der Waals surface area contributed by atoms with Crippen LogP contribution >= 0.6 is 12.2 Å². The highest BCUT2D eigenvalue weighted by Crippen LogP contribution is 1.81. The van der Waals surface area contributed by atoms with E-state index in [1.54, 1.807) is 0 Å². The van der Waals surface area contributed by atoms with Gasteiger partial charge in [-0.2, -0.15) is 0 Å². The summed E-state index contributed by atoms with van der Waals surface area (Å²) in [5.74, 6) is -1.23. The lowest BCUT2D eigenvalue weighted by Gasteiger charge is -2.22. The summed E-state index contributed by atoms with van der Waals surface area (Å²) < 4.78 is 0. The highest BCUT2D eigenvalue weighted by atomic mass is 32.1. The molecule has 1 saturated heterocycles. The number of carbonyl (C=O) groups is 2. The zero-order chi connectivity index (χ0) is 7.72. The van der Waals surface area contributed by atoms with E-state index in [4.69, 9.17) is 0 Å². The zero-order valence-corrected chi connectivity index (χ0v) is 5.66. The van der Waals surface area contributed by atoms with E-state index >= 15 is 0 Å². The molecule has 1 atom stereocenters. The standard InChI is InChI=1S/C4H4N2O3S/c7-2-1-3(8)6(9)4(10)5-2/h6H,1H2,(H,5,7,10). The van der Waals surface area contributed by atoms with Gasteiger partial charge in [-0.15, -0.1) is 0 Å². The topological polar surface area (TPSA) is 73.7 Å². The maximum atomic E-state index is 10.6. The third kappa shape index (κ3) is 1.18. The van der Waals surface area contributed by atoms with Gasteiger partial charge in [-0.3, -0.25) is 15.2 Å². The minimum atomic E-state index is -0.769. The third-order valence-corrected chi connectivity index (χ3v) is 1.32. The summed E-state index contributed by atoms with van der Waals surface area (Å²) in [6.45, 7) is 0. The van der Waals surface area contributed by atoms with Crippen molar-refractivity contribution in [1.29, 1.82) is 0 Å². The number of hydroxylamine groups is 2. The van der Waals surface area contributed by atoms with E-state index in [1.165, 1.54) is 0 Å². The Balaban J connectivity index is 2.76. The van der Waals surface area contributed by atoms with E-state index < -0.39 is 16.9 Å². The number of hydrogen-bond acceptors (Lipinski definition) is 4. The first-order chi connectivity index (χ1) is 4.61. The zero-order valence-electron chi connectivity index (χ0n) is 4.84. The Morgan fingerprint density at radius 2 is 2.20 bits per heavy atom. The lowest BCUT2D eigenvalue weighted by Crippen LogP contribution is -3.15. The largest absolute Gasteiger partial charge is 0.620 e. The van der Waals surface area contributed by atoms with Gasteiger partial charge in [-0.1, -0.05) is 0 Å². The average Bonchev–Trinajstić information content (AvgIpc) is 1.82. The van der Waals surface area contributed by atoms with Crippen LogP contribution in [0.5, 0.6) is 0 Å². The highest BCUT2D eigenvalue weighted by molar-refractivity contribution is 7.79. The summed E-state index contributed by atoms with van der Waals surface area (Å²) in [5.41, 5.74) is 0. The second-order valence-corrected chi connectivity index (χ2v) is 2.21. The second-order valence-electron chi connectivity index (χ2n) is 1.81. The van der Waals surface area contributed by atoms with Crippen molar-refractivity contribution in [3.63, 3.8) is 0 Å². The van der Waals surface area contributed by atoms with Crippen LogP contribution in [0.1, 0.15) is 6.42 Å². The molecule has 0 saturated carbocycles. The predicted molar refractivity (Wildman–Crippen MR) is 34.7 cm³/mol. The fourth-order valence-corrected chi connectivity index (χ4v) is 0.808. The SMILES string of the molecule is O=C1CC(=O)[NH+]([O-])C(=S)N1. The van der Waals surface area contributed by atoms with Gasteiger partial charge < -0.3 is 5.21 Å². The molecule has 1 aliphatic heterocycles. The average molecular weight is 160 g/mol. The highest BCUT2D eigenvalue weighted by Gasteiger charge is 2.27. The normalized spacial score (nSPS) is 26.5. The summed E-state index contributed by atoms with van der Waals surface area (Å²) in [5, 5.41) is 11.6.